The van der Waals surface area contributed by atoms with Gasteiger partial charge in [0.15, 0.2) is 12.4 Å². The summed E-state index contributed by atoms with van der Waals surface area (Å²) >= 11 is 1.43. The number of benzene rings is 1. The quantitative estimate of drug-likeness (QED) is 0.528. The van der Waals surface area contributed by atoms with E-state index in [-0.39, 0.29) is 12.2 Å². The lowest BCUT2D eigenvalue weighted by Crippen LogP contribution is -2.20. The van der Waals surface area contributed by atoms with Crippen LogP contribution in [0.25, 0.3) is 16.7 Å². The Morgan fingerprint density at radius 2 is 2.12 bits per heavy atom. The molecular formula is C17H14N4O3S. The van der Waals surface area contributed by atoms with Crippen molar-refractivity contribution in [3.8, 4) is 0 Å². The lowest BCUT2D eigenvalue weighted by molar-refractivity contribution is 0.0462. The molecule has 0 amide bonds. The highest BCUT2D eigenvalue weighted by Gasteiger charge is 2.16. The molecule has 4 rings (SSSR count). The van der Waals surface area contributed by atoms with Crippen LogP contribution in [0.2, 0.25) is 0 Å². The summed E-state index contributed by atoms with van der Waals surface area (Å²) in [6, 6.07) is 7.31. The van der Waals surface area contributed by atoms with Crippen LogP contribution in [0.3, 0.4) is 0 Å². The second-order valence-corrected chi connectivity index (χ2v) is 6.50. The molecule has 0 aliphatic heterocycles. The fraction of sp³-hybridized carbons (Fsp3) is 0.176. The van der Waals surface area contributed by atoms with Gasteiger partial charge in [-0.1, -0.05) is 11.6 Å². The lowest BCUT2D eigenvalue weighted by Gasteiger charge is -2.08. The second kappa shape index (κ2) is 5.82. The first-order valence-corrected chi connectivity index (χ1v) is 8.53. The van der Waals surface area contributed by atoms with Crippen molar-refractivity contribution in [1.29, 1.82) is 0 Å². The van der Waals surface area contributed by atoms with E-state index in [0.29, 0.717) is 28.1 Å². The number of hydrogen-bond donors (Lipinski definition) is 0. The van der Waals surface area contributed by atoms with Gasteiger partial charge in [0.05, 0.1) is 16.5 Å². The molecule has 0 aliphatic carbocycles. The molecule has 0 radical (unpaired) electrons. The van der Waals surface area contributed by atoms with E-state index in [1.54, 1.807) is 22.9 Å². The Morgan fingerprint density at radius 1 is 1.28 bits per heavy atom. The van der Waals surface area contributed by atoms with E-state index in [0.717, 1.165) is 5.56 Å². The van der Waals surface area contributed by atoms with Crippen molar-refractivity contribution in [2.24, 2.45) is 7.05 Å². The molecule has 1 aromatic carbocycles. The van der Waals surface area contributed by atoms with E-state index < -0.39 is 5.97 Å². The SMILES string of the molecule is Cc1ccc2c(c1)c(=O)n(C)c1nnc(COC(=O)c3ccsc3)n21. The Morgan fingerprint density at radius 3 is 2.88 bits per heavy atom. The van der Waals surface area contributed by atoms with Crippen LogP contribution in [0.1, 0.15) is 21.7 Å². The summed E-state index contributed by atoms with van der Waals surface area (Å²) in [5.74, 6) is 0.453. The monoisotopic (exact) mass is 354 g/mol. The first-order valence-electron chi connectivity index (χ1n) is 7.59. The zero-order valence-corrected chi connectivity index (χ0v) is 14.4. The number of aromatic nitrogens is 4. The van der Waals surface area contributed by atoms with Gasteiger partial charge in [0.2, 0.25) is 5.78 Å². The molecule has 7 nitrogen and oxygen atoms in total. The van der Waals surface area contributed by atoms with Gasteiger partial charge in [-0.15, -0.1) is 10.2 Å². The first-order chi connectivity index (χ1) is 12.1. The fourth-order valence-electron chi connectivity index (χ4n) is 2.75. The van der Waals surface area contributed by atoms with Gasteiger partial charge in [0.25, 0.3) is 5.56 Å². The highest BCUT2D eigenvalue weighted by Crippen LogP contribution is 2.17. The molecule has 0 bridgehead atoms. The van der Waals surface area contributed by atoms with Crippen molar-refractivity contribution in [2.75, 3.05) is 0 Å². The van der Waals surface area contributed by atoms with Gasteiger partial charge < -0.3 is 4.74 Å². The van der Waals surface area contributed by atoms with E-state index in [1.807, 2.05) is 30.5 Å². The van der Waals surface area contributed by atoms with Crippen molar-refractivity contribution in [1.82, 2.24) is 19.2 Å². The van der Waals surface area contributed by atoms with Gasteiger partial charge in [-0.05, 0) is 30.5 Å². The molecule has 0 fully saturated rings. The van der Waals surface area contributed by atoms with Crippen molar-refractivity contribution in [3.63, 3.8) is 0 Å². The predicted octanol–water partition coefficient (Wildman–Crippen LogP) is 2.31. The Kier molecular flexibility index (Phi) is 3.61. The zero-order chi connectivity index (χ0) is 17.6. The summed E-state index contributed by atoms with van der Waals surface area (Å²) in [5.41, 5.74) is 2.05. The van der Waals surface area contributed by atoms with Crippen LogP contribution in [0.5, 0.6) is 0 Å². The summed E-state index contributed by atoms with van der Waals surface area (Å²) in [4.78, 5) is 24.6. The summed E-state index contributed by atoms with van der Waals surface area (Å²) in [6.45, 7) is 1.90. The van der Waals surface area contributed by atoms with Gasteiger partial charge in [-0.25, -0.2) is 4.79 Å². The van der Waals surface area contributed by atoms with Crippen LogP contribution in [-0.2, 0) is 18.4 Å². The normalized spacial score (nSPS) is 11.3. The minimum atomic E-state index is -0.414. The van der Waals surface area contributed by atoms with Crippen molar-refractivity contribution < 1.29 is 9.53 Å². The van der Waals surface area contributed by atoms with Crippen LogP contribution in [0.15, 0.2) is 39.8 Å². The third kappa shape index (κ3) is 2.51. The number of rotatable bonds is 3. The largest absolute Gasteiger partial charge is 0.454 e. The van der Waals surface area contributed by atoms with Crippen LogP contribution in [0.4, 0.5) is 0 Å². The van der Waals surface area contributed by atoms with Gasteiger partial charge in [-0.2, -0.15) is 11.3 Å². The van der Waals surface area contributed by atoms with E-state index in [4.69, 9.17) is 4.74 Å². The molecular weight excluding hydrogens is 340 g/mol. The van der Waals surface area contributed by atoms with Gasteiger partial charge in [0, 0.05) is 12.4 Å². The minimum Gasteiger partial charge on any atom is -0.454 e. The number of hydrogen-bond acceptors (Lipinski definition) is 6. The molecule has 4 aromatic rings. The second-order valence-electron chi connectivity index (χ2n) is 5.72. The molecule has 0 saturated carbocycles. The number of fused-ring (bicyclic) bond motifs is 3. The third-order valence-corrected chi connectivity index (χ3v) is 4.71. The highest BCUT2D eigenvalue weighted by atomic mass is 32.1. The maximum atomic E-state index is 12.5. The molecule has 0 N–H and O–H groups in total. The van der Waals surface area contributed by atoms with Crippen LogP contribution in [-0.4, -0.2) is 25.1 Å². The predicted molar refractivity (Wildman–Crippen MR) is 93.9 cm³/mol. The Labute approximate surface area is 146 Å². The summed E-state index contributed by atoms with van der Waals surface area (Å²) in [6.07, 6.45) is 0. The smallest absolute Gasteiger partial charge is 0.339 e. The number of ether oxygens (including phenoxy) is 1. The Balaban J connectivity index is 1.81. The molecule has 3 heterocycles. The average molecular weight is 354 g/mol. The van der Waals surface area contributed by atoms with E-state index in [2.05, 4.69) is 10.2 Å². The van der Waals surface area contributed by atoms with Crippen molar-refractivity contribution in [2.45, 2.75) is 13.5 Å². The number of thiophene rings is 1. The summed E-state index contributed by atoms with van der Waals surface area (Å²) in [5, 5.41) is 12.3. The molecule has 3 aromatic heterocycles. The van der Waals surface area contributed by atoms with Crippen molar-refractivity contribution >= 4 is 34.0 Å². The number of carbonyl (C=O) groups is 1. The maximum absolute atomic E-state index is 12.5. The first kappa shape index (κ1) is 15.5. The number of aryl methyl sites for hydroxylation is 2. The zero-order valence-electron chi connectivity index (χ0n) is 13.6. The molecule has 126 valence electrons. The molecule has 0 atom stereocenters. The topological polar surface area (TPSA) is 78.5 Å². The maximum Gasteiger partial charge on any atom is 0.339 e. The average Bonchev–Trinajstić information content (AvgIpc) is 3.27. The van der Waals surface area contributed by atoms with Crippen LogP contribution < -0.4 is 5.56 Å². The van der Waals surface area contributed by atoms with Crippen molar-refractivity contribution in [3.05, 3.63) is 62.3 Å². The molecule has 0 spiro atoms. The molecule has 0 saturated heterocycles. The van der Waals surface area contributed by atoms with Crippen LogP contribution in [0, 0.1) is 6.92 Å². The highest BCUT2D eigenvalue weighted by molar-refractivity contribution is 7.08. The van der Waals surface area contributed by atoms with Gasteiger partial charge >= 0.3 is 5.97 Å². The van der Waals surface area contributed by atoms with E-state index in [9.17, 15) is 9.59 Å². The summed E-state index contributed by atoms with van der Waals surface area (Å²) < 4.78 is 8.53. The number of esters is 1. The lowest BCUT2D eigenvalue weighted by atomic mass is 10.1. The standard InChI is InChI=1S/C17H14N4O3S/c1-10-3-4-13-12(7-10)15(22)20(2)17-19-18-14(21(13)17)8-24-16(23)11-5-6-25-9-11/h3-7,9H,8H2,1-2H3. The molecule has 0 unspecified atom stereocenters. The van der Waals surface area contributed by atoms with Gasteiger partial charge in [0.1, 0.15) is 0 Å². The summed E-state index contributed by atoms with van der Waals surface area (Å²) in [7, 11) is 1.65. The molecule has 8 heteroatoms. The molecule has 25 heavy (non-hydrogen) atoms. The number of carbonyl (C=O) groups excluding carboxylic acids is 1. The van der Waals surface area contributed by atoms with E-state index in [1.165, 1.54) is 15.9 Å². The Bertz CT molecular complexity index is 1160. The Hall–Kier alpha value is -3.00. The molecule has 0 aliphatic rings. The van der Waals surface area contributed by atoms with Gasteiger partial charge in [-0.3, -0.25) is 13.8 Å². The fourth-order valence-corrected chi connectivity index (χ4v) is 3.37. The third-order valence-electron chi connectivity index (χ3n) is 4.03. The number of nitrogens with zero attached hydrogens (tertiary/aromatic N) is 4. The van der Waals surface area contributed by atoms with Crippen LogP contribution >= 0.6 is 11.3 Å². The van der Waals surface area contributed by atoms with E-state index >= 15 is 0 Å². The minimum absolute atomic E-state index is 0.0307.